The number of esters is 6. The highest BCUT2D eigenvalue weighted by atomic mass is 32.1. The highest BCUT2D eigenvalue weighted by Crippen LogP contribution is 2.35. The molecule has 17 nitrogen and oxygen atoms in total. The van der Waals surface area contributed by atoms with E-state index in [9.17, 15) is 28.8 Å². The summed E-state index contributed by atoms with van der Waals surface area (Å²) in [5.41, 5.74) is 1.37. The normalized spacial score (nSPS) is 17.4. The van der Waals surface area contributed by atoms with Crippen LogP contribution in [0.2, 0.25) is 0 Å². The van der Waals surface area contributed by atoms with Crippen molar-refractivity contribution in [3.8, 4) is 34.5 Å². The predicted octanol–water partition coefficient (Wildman–Crippen LogP) is 11.4. The van der Waals surface area contributed by atoms with Gasteiger partial charge < -0.3 is 42.5 Å². The number of thiazole rings is 1. The van der Waals surface area contributed by atoms with Crippen LogP contribution in [0.1, 0.15) is 122 Å². The topological polar surface area (TPSA) is 206 Å². The first-order chi connectivity index (χ1) is 38.5. The maximum Gasteiger partial charge on any atom is 0.330 e. The van der Waals surface area contributed by atoms with Gasteiger partial charge in [-0.2, -0.15) is 5.10 Å². The number of carbonyl (C=O) groups excluding carboxylic acids is 6. The van der Waals surface area contributed by atoms with Crippen molar-refractivity contribution in [3.63, 3.8) is 0 Å². The van der Waals surface area contributed by atoms with Gasteiger partial charge in [0.15, 0.2) is 0 Å². The van der Waals surface area contributed by atoms with Crippen LogP contribution in [0.5, 0.6) is 34.5 Å². The number of ether oxygens (including phenoxy) is 8. The number of fused-ring (bicyclic) bond motifs is 1. The molecule has 0 radical (unpaired) electrons. The number of hydrogen-bond donors (Lipinski definition) is 0. The molecule has 0 unspecified atom stereocenters. The Hall–Kier alpha value is -7.60. The first kappa shape index (κ1) is 59.1. The predicted molar refractivity (Wildman–Crippen MR) is 297 cm³/mol. The van der Waals surface area contributed by atoms with Crippen LogP contribution >= 0.6 is 11.3 Å². The lowest BCUT2D eigenvalue weighted by molar-refractivity contribution is -0.145. The number of aromatic nitrogens is 1. The SMILES string of the molecule is C=CC(=O)OCCCCCCOc1ccc(OC(=O)C2CCC(C(=O)Oc3ccc(OC(=O)C4CCC(C(=O)Oc5ccc(OCCCCCCOC(=O)CC)cc5)CC4)cc3/C=N/N=c3/sc4ccccc4n3C)CC2)cc1. The van der Waals surface area contributed by atoms with E-state index in [0.29, 0.717) is 118 Å². The van der Waals surface area contributed by atoms with Crippen molar-refractivity contribution in [2.24, 2.45) is 40.9 Å². The molecule has 0 spiro atoms. The summed E-state index contributed by atoms with van der Waals surface area (Å²) in [5.74, 6) is -1.24. The molecule has 0 atom stereocenters. The van der Waals surface area contributed by atoms with E-state index in [1.807, 2.05) is 35.9 Å². The van der Waals surface area contributed by atoms with Gasteiger partial charge in [0, 0.05) is 25.1 Å². The molecule has 2 fully saturated rings. The minimum atomic E-state index is -0.462. The van der Waals surface area contributed by atoms with Gasteiger partial charge in [0.25, 0.3) is 0 Å². The van der Waals surface area contributed by atoms with Gasteiger partial charge in [-0.25, -0.2) is 4.79 Å². The molecule has 420 valence electrons. The zero-order chi connectivity index (χ0) is 55.8. The summed E-state index contributed by atoms with van der Waals surface area (Å²) < 4.78 is 48.1. The smallest absolute Gasteiger partial charge is 0.330 e. The maximum absolute atomic E-state index is 13.7. The third-order valence-corrected chi connectivity index (χ3v) is 15.0. The van der Waals surface area contributed by atoms with Crippen molar-refractivity contribution in [2.45, 2.75) is 116 Å². The molecule has 18 heteroatoms. The summed E-state index contributed by atoms with van der Waals surface area (Å²) in [6.45, 7) is 7.06. The summed E-state index contributed by atoms with van der Waals surface area (Å²) in [7, 11) is 1.90. The van der Waals surface area contributed by atoms with Gasteiger partial charge in [0.1, 0.15) is 34.5 Å². The Morgan fingerprint density at radius 2 is 1.00 bits per heavy atom. The van der Waals surface area contributed by atoms with E-state index in [1.54, 1.807) is 73.7 Å². The fourth-order valence-corrected chi connectivity index (χ4v) is 10.2. The molecule has 2 saturated carbocycles. The monoisotopic (exact) mass is 1100 g/mol. The van der Waals surface area contributed by atoms with E-state index >= 15 is 0 Å². The largest absolute Gasteiger partial charge is 0.494 e. The van der Waals surface area contributed by atoms with Crippen LogP contribution in [0.15, 0.2) is 114 Å². The fourth-order valence-electron chi connectivity index (χ4n) is 9.25. The molecule has 0 bridgehead atoms. The highest BCUT2D eigenvalue weighted by molar-refractivity contribution is 7.16. The lowest BCUT2D eigenvalue weighted by atomic mass is 9.82. The number of para-hydroxylation sites is 1. The van der Waals surface area contributed by atoms with E-state index in [0.717, 1.165) is 67.7 Å². The zero-order valence-electron chi connectivity index (χ0n) is 45.1. The van der Waals surface area contributed by atoms with E-state index in [-0.39, 0.29) is 41.2 Å². The van der Waals surface area contributed by atoms with Gasteiger partial charge in [-0.05, 0) is 182 Å². The molecule has 1 heterocycles. The van der Waals surface area contributed by atoms with Crippen LogP contribution in [0.4, 0.5) is 0 Å². The Bertz CT molecular complexity index is 2930. The van der Waals surface area contributed by atoms with Gasteiger partial charge in [-0.15, -0.1) is 5.10 Å². The summed E-state index contributed by atoms with van der Waals surface area (Å²) in [4.78, 5) is 76.7. The Morgan fingerprint density at radius 3 is 1.49 bits per heavy atom. The molecule has 79 heavy (non-hydrogen) atoms. The maximum atomic E-state index is 13.7. The molecule has 0 amide bonds. The van der Waals surface area contributed by atoms with Gasteiger partial charge in [0.05, 0.1) is 66.5 Å². The summed E-state index contributed by atoms with van der Waals surface area (Å²) in [6, 6.07) is 26.5. The number of rotatable bonds is 28. The number of hydrogen-bond acceptors (Lipinski definition) is 17. The van der Waals surface area contributed by atoms with Gasteiger partial charge in [0.2, 0.25) is 4.80 Å². The van der Waals surface area contributed by atoms with Crippen molar-refractivity contribution in [3.05, 3.63) is 114 Å². The number of aryl methyl sites for hydroxylation is 1. The molecule has 0 N–H and O–H groups in total. The van der Waals surface area contributed by atoms with Crippen molar-refractivity contribution in [2.75, 3.05) is 26.4 Å². The van der Waals surface area contributed by atoms with Crippen molar-refractivity contribution < 1.29 is 66.7 Å². The van der Waals surface area contributed by atoms with Crippen molar-refractivity contribution >= 4 is 63.6 Å². The van der Waals surface area contributed by atoms with Crippen LogP contribution in [-0.4, -0.2) is 73.0 Å². The first-order valence-corrected chi connectivity index (χ1v) is 28.3. The third kappa shape index (κ3) is 18.8. The van der Waals surface area contributed by atoms with Crippen LogP contribution in [0.3, 0.4) is 0 Å². The van der Waals surface area contributed by atoms with E-state index in [2.05, 4.69) is 16.8 Å². The summed E-state index contributed by atoms with van der Waals surface area (Å²) in [6.07, 6.45) is 13.6. The molecule has 1 aromatic heterocycles. The van der Waals surface area contributed by atoms with Crippen LogP contribution < -0.4 is 33.2 Å². The molecular formula is C61H71N3O14S. The zero-order valence-corrected chi connectivity index (χ0v) is 46.0. The quantitative estimate of drug-likeness (QED) is 0.0114. The minimum absolute atomic E-state index is 0.178. The highest BCUT2D eigenvalue weighted by Gasteiger charge is 2.34. The molecule has 0 saturated heterocycles. The Labute approximate surface area is 464 Å². The van der Waals surface area contributed by atoms with Crippen LogP contribution in [-0.2, 0) is 45.3 Å². The fraction of sp³-hybridized carbons (Fsp3) is 0.443. The molecule has 2 aliphatic carbocycles. The minimum Gasteiger partial charge on any atom is -0.494 e. The van der Waals surface area contributed by atoms with Crippen LogP contribution in [0, 0.1) is 23.7 Å². The van der Waals surface area contributed by atoms with Gasteiger partial charge in [-0.3, -0.25) is 24.0 Å². The number of nitrogens with zero attached hydrogens (tertiary/aromatic N) is 3. The van der Waals surface area contributed by atoms with Gasteiger partial charge in [-0.1, -0.05) is 37.0 Å². The number of benzene rings is 4. The molecule has 0 aliphatic heterocycles. The standard InChI is InChI=1S/C61H71N3O14S/c1-4-55(65)73-38-14-8-6-12-36-71-47-26-30-49(31-27-47)75-57(67)42-18-20-44(21-19-42)59(69)77-51-34-35-53(46(40-51)41-62-63-61-64(3)52-16-10-11-17-54(52)79-61)78-60(70)45-24-22-43(23-25-45)58(68)76-50-32-28-48(29-33-50)72-37-13-7-9-15-39-74-56(66)5-2/h5,10-11,16-17,26-35,40-45H,2,4,6-9,12-15,18-25,36-39H2,1,3H3/b62-41+,63-61+. The second kappa shape index (κ2) is 31.1. The third-order valence-electron chi connectivity index (χ3n) is 13.9. The molecular weight excluding hydrogens is 1030 g/mol. The molecule has 2 aliphatic rings. The van der Waals surface area contributed by atoms with E-state index in [4.69, 9.17) is 37.9 Å². The molecule has 5 aromatic rings. The lowest BCUT2D eigenvalue weighted by Crippen LogP contribution is -2.30. The molecule has 4 aromatic carbocycles. The second-order valence-electron chi connectivity index (χ2n) is 19.7. The van der Waals surface area contributed by atoms with Gasteiger partial charge >= 0.3 is 35.8 Å². The van der Waals surface area contributed by atoms with E-state index in [1.165, 1.54) is 17.6 Å². The Balaban J connectivity index is 0.870. The second-order valence-corrected chi connectivity index (χ2v) is 20.7. The average Bonchev–Trinajstić information content (AvgIpc) is 3.83. The first-order valence-electron chi connectivity index (χ1n) is 27.5. The van der Waals surface area contributed by atoms with E-state index < -0.39 is 29.7 Å². The Morgan fingerprint density at radius 1 is 0.557 bits per heavy atom. The van der Waals surface area contributed by atoms with Crippen molar-refractivity contribution in [1.82, 2.24) is 4.57 Å². The summed E-state index contributed by atoms with van der Waals surface area (Å²) in [5, 5.41) is 8.85. The average molecular weight is 1100 g/mol. The Kier molecular flexibility index (Phi) is 23.3. The van der Waals surface area contributed by atoms with Crippen molar-refractivity contribution in [1.29, 1.82) is 0 Å². The molecule has 7 rings (SSSR count). The number of carbonyl (C=O) groups is 6. The number of unbranched alkanes of at least 4 members (excludes halogenated alkanes) is 6. The lowest BCUT2D eigenvalue weighted by Gasteiger charge is -2.26. The summed E-state index contributed by atoms with van der Waals surface area (Å²) >= 11 is 1.47. The van der Waals surface area contributed by atoms with Crippen LogP contribution in [0.25, 0.3) is 10.2 Å².